The maximum atomic E-state index is 12.9. The van der Waals surface area contributed by atoms with Gasteiger partial charge in [-0.05, 0) is 35.4 Å². The minimum atomic E-state index is -4.65. The zero-order valence-electron chi connectivity index (χ0n) is 9.00. The van der Waals surface area contributed by atoms with Crippen LogP contribution in [0.15, 0.2) is 42.5 Å². The van der Waals surface area contributed by atoms with Crippen molar-refractivity contribution in [2.75, 3.05) is 0 Å². The lowest BCUT2D eigenvalue weighted by Gasteiger charge is -2.13. The van der Waals surface area contributed by atoms with E-state index in [-0.39, 0.29) is 16.9 Å². The minimum absolute atomic E-state index is 0.148. The second-order valence-electron chi connectivity index (χ2n) is 3.74. The molecular formula is C13H8F4O. The van der Waals surface area contributed by atoms with Crippen molar-refractivity contribution >= 4 is 0 Å². The Morgan fingerprint density at radius 1 is 0.944 bits per heavy atom. The summed E-state index contributed by atoms with van der Waals surface area (Å²) in [6, 6.07) is 7.83. The molecule has 0 saturated carbocycles. The van der Waals surface area contributed by atoms with Crippen molar-refractivity contribution in [1.29, 1.82) is 0 Å². The van der Waals surface area contributed by atoms with E-state index in [1.165, 1.54) is 24.3 Å². The highest BCUT2D eigenvalue weighted by Crippen LogP contribution is 2.38. The molecule has 0 aliphatic carbocycles. The van der Waals surface area contributed by atoms with Crippen LogP contribution in [0.1, 0.15) is 5.56 Å². The molecule has 94 valence electrons. The van der Waals surface area contributed by atoms with E-state index in [9.17, 15) is 22.7 Å². The Bertz CT molecular complexity index is 575. The van der Waals surface area contributed by atoms with Crippen LogP contribution in [0.2, 0.25) is 0 Å². The fraction of sp³-hybridized carbons (Fsp3) is 0.0769. The van der Waals surface area contributed by atoms with Crippen LogP contribution >= 0.6 is 0 Å². The van der Waals surface area contributed by atoms with Crippen molar-refractivity contribution in [3.63, 3.8) is 0 Å². The Morgan fingerprint density at radius 2 is 1.67 bits per heavy atom. The molecule has 0 aromatic heterocycles. The van der Waals surface area contributed by atoms with Crippen LogP contribution in [-0.4, -0.2) is 5.11 Å². The van der Waals surface area contributed by atoms with E-state index in [1.807, 2.05) is 0 Å². The lowest BCUT2D eigenvalue weighted by Crippen LogP contribution is -2.07. The van der Waals surface area contributed by atoms with Gasteiger partial charge in [0.25, 0.3) is 0 Å². The molecule has 0 saturated heterocycles. The van der Waals surface area contributed by atoms with E-state index in [2.05, 4.69) is 0 Å². The fourth-order valence-corrected chi connectivity index (χ4v) is 1.68. The molecule has 1 N–H and O–H groups in total. The highest BCUT2D eigenvalue weighted by molar-refractivity contribution is 5.69. The van der Waals surface area contributed by atoms with Crippen LogP contribution in [0, 0.1) is 5.82 Å². The molecule has 0 aliphatic rings. The fourth-order valence-electron chi connectivity index (χ4n) is 1.68. The second-order valence-corrected chi connectivity index (χ2v) is 3.74. The molecular weight excluding hydrogens is 248 g/mol. The lowest BCUT2D eigenvalue weighted by atomic mass is 9.99. The smallest absolute Gasteiger partial charge is 0.417 e. The Balaban J connectivity index is 2.64. The van der Waals surface area contributed by atoms with Gasteiger partial charge in [-0.2, -0.15) is 13.2 Å². The van der Waals surface area contributed by atoms with E-state index in [0.717, 1.165) is 12.1 Å². The molecule has 0 bridgehead atoms. The van der Waals surface area contributed by atoms with Gasteiger partial charge in [0.2, 0.25) is 0 Å². The van der Waals surface area contributed by atoms with Crippen molar-refractivity contribution in [1.82, 2.24) is 0 Å². The average Bonchev–Trinajstić information content (AvgIpc) is 2.27. The zero-order chi connectivity index (χ0) is 13.3. The number of alkyl halides is 3. The van der Waals surface area contributed by atoms with Crippen molar-refractivity contribution in [2.45, 2.75) is 6.18 Å². The maximum absolute atomic E-state index is 12.9. The molecule has 0 heterocycles. The first-order valence-corrected chi connectivity index (χ1v) is 5.04. The molecule has 0 aliphatic heterocycles. The van der Waals surface area contributed by atoms with Crippen molar-refractivity contribution in [3.8, 4) is 16.9 Å². The summed E-state index contributed by atoms with van der Waals surface area (Å²) in [5.41, 5.74) is -1.05. The van der Waals surface area contributed by atoms with Crippen LogP contribution in [0.25, 0.3) is 11.1 Å². The van der Waals surface area contributed by atoms with Gasteiger partial charge >= 0.3 is 6.18 Å². The van der Waals surface area contributed by atoms with Gasteiger partial charge < -0.3 is 5.11 Å². The summed E-state index contributed by atoms with van der Waals surface area (Å²) in [7, 11) is 0. The Hall–Kier alpha value is -2.04. The van der Waals surface area contributed by atoms with E-state index in [1.54, 1.807) is 0 Å². The van der Waals surface area contributed by atoms with Crippen LogP contribution in [-0.2, 0) is 6.18 Å². The van der Waals surface area contributed by atoms with Gasteiger partial charge in [0.1, 0.15) is 11.6 Å². The summed E-state index contributed by atoms with van der Waals surface area (Å²) in [4.78, 5) is 0. The molecule has 2 aromatic carbocycles. The first-order valence-electron chi connectivity index (χ1n) is 5.04. The van der Waals surface area contributed by atoms with Gasteiger partial charge in [-0.25, -0.2) is 4.39 Å². The third-order valence-electron chi connectivity index (χ3n) is 2.44. The summed E-state index contributed by atoms with van der Waals surface area (Å²) in [6.45, 7) is 0. The zero-order valence-corrected chi connectivity index (χ0v) is 9.00. The highest BCUT2D eigenvalue weighted by atomic mass is 19.4. The molecule has 0 spiro atoms. The number of hydrogen-bond donors (Lipinski definition) is 1. The second kappa shape index (κ2) is 4.33. The summed E-state index contributed by atoms with van der Waals surface area (Å²) >= 11 is 0. The number of benzene rings is 2. The molecule has 2 aromatic rings. The van der Waals surface area contributed by atoms with Gasteiger partial charge in [0, 0.05) is 0 Å². The summed E-state index contributed by atoms with van der Waals surface area (Å²) in [5, 5.41) is 9.27. The molecule has 0 amide bonds. The number of phenols is 1. The molecule has 0 atom stereocenters. The summed E-state index contributed by atoms with van der Waals surface area (Å²) < 4.78 is 51.3. The Labute approximate surface area is 100 Å². The SMILES string of the molecule is Oc1cccc(-c2ccc(F)cc2C(F)(F)F)c1. The predicted octanol–water partition coefficient (Wildman–Crippen LogP) is 4.22. The molecule has 18 heavy (non-hydrogen) atoms. The van der Waals surface area contributed by atoms with Gasteiger partial charge in [0.15, 0.2) is 0 Å². The van der Waals surface area contributed by atoms with Crippen molar-refractivity contribution in [2.24, 2.45) is 0 Å². The molecule has 0 fully saturated rings. The van der Waals surface area contributed by atoms with Gasteiger partial charge in [0.05, 0.1) is 5.56 Å². The molecule has 0 unspecified atom stereocenters. The number of halogens is 4. The standard InChI is InChI=1S/C13H8F4O/c14-9-4-5-11(12(7-9)13(15,16)17)8-2-1-3-10(18)6-8/h1-7,18H. The minimum Gasteiger partial charge on any atom is -0.508 e. The Morgan fingerprint density at radius 3 is 2.28 bits per heavy atom. The van der Waals surface area contributed by atoms with Crippen LogP contribution in [0.3, 0.4) is 0 Å². The topological polar surface area (TPSA) is 20.2 Å². The third-order valence-corrected chi connectivity index (χ3v) is 2.44. The highest BCUT2D eigenvalue weighted by Gasteiger charge is 2.34. The van der Waals surface area contributed by atoms with Crippen LogP contribution < -0.4 is 0 Å². The first kappa shape index (κ1) is 12.4. The average molecular weight is 256 g/mol. The quantitative estimate of drug-likeness (QED) is 0.757. The molecule has 1 nitrogen and oxygen atoms in total. The van der Waals surface area contributed by atoms with E-state index in [0.29, 0.717) is 6.07 Å². The number of hydrogen-bond acceptors (Lipinski definition) is 1. The molecule has 5 heteroatoms. The summed E-state index contributed by atoms with van der Waals surface area (Å²) in [5.74, 6) is -1.10. The van der Waals surface area contributed by atoms with E-state index >= 15 is 0 Å². The van der Waals surface area contributed by atoms with Crippen molar-refractivity contribution < 1.29 is 22.7 Å². The predicted molar refractivity (Wildman–Crippen MR) is 58.5 cm³/mol. The van der Waals surface area contributed by atoms with Gasteiger partial charge in [-0.1, -0.05) is 18.2 Å². The van der Waals surface area contributed by atoms with Gasteiger partial charge in [-0.3, -0.25) is 0 Å². The lowest BCUT2D eigenvalue weighted by molar-refractivity contribution is -0.137. The number of rotatable bonds is 1. The molecule has 2 rings (SSSR count). The summed E-state index contributed by atoms with van der Waals surface area (Å²) in [6.07, 6.45) is -4.65. The molecule has 0 radical (unpaired) electrons. The maximum Gasteiger partial charge on any atom is 0.417 e. The monoisotopic (exact) mass is 256 g/mol. The van der Waals surface area contributed by atoms with E-state index in [4.69, 9.17) is 0 Å². The first-order chi connectivity index (χ1) is 8.38. The third kappa shape index (κ3) is 2.45. The van der Waals surface area contributed by atoms with E-state index < -0.39 is 17.6 Å². The van der Waals surface area contributed by atoms with Crippen LogP contribution in [0.4, 0.5) is 17.6 Å². The largest absolute Gasteiger partial charge is 0.508 e. The van der Waals surface area contributed by atoms with Crippen LogP contribution in [0.5, 0.6) is 5.75 Å². The van der Waals surface area contributed by atoms with Gasteiger partial charge in [-0.15, -0.1) is 0 Å². The Kier molecular flexibility index (Phi) is 2.98. The number of aromatic hydroxyl groups is 1. The normalized spacial score (nSPS) is 11.6. The van der Waals surface area contributed by atoms with Crippen molar-refractivity contribution in [3.05, 3.63) is 53.8 Å². The number of phenolic OH excluding ortho intramolecular Hbond substituents is 1.